The number of anilines is 2. The van der Waals surface area contributed by atoms with Gasteiger partial charge in [0, 0.05) is 13.1 Å². The van der Waals surface area contributed by atoms with Crippen molar-refractivity contribution in [3.63, 3.8) is 0 Å². The van der Waals surface area contributed by atoms with E-state index in [2.05, 4.69) is 67.4 Å². The number of aromatic nitrogens is 4. The molecule has 2 aromatic heterocycles. The van der Waals surface area contributed by atoms with Crippen molar-refractivity contribution < 1.29 is 0 Å². The second-order valence-corrected chi connectivity index (χ2v) is 6.36. The third-order valence-corrected chi connectivity index (χ3v) is 4.40. The third kappa shape index (κ3) is 3.67. The molecule has 0 spiro atoms. The number of hydrogen-bond acceptors (Lipinski definition) is 5. The smallest absolute Gasteiger partial charge is 0.224 e. The summed E-state index contributed by atoms with van der Waals surface area (Å²) >= 11 is 3.50. The molecular formula is C17H21BrN6. The van der Waals surface area contributed by atoms with Crippen molar-refractivity contribution in [3.05, 3.63) is 40.6 Å². The molecule has 3 aromatic rings. The molecule has 0 saturated carbocycles. The maximum Gasteiger partial charge on any atom is 0.224 e. The molecule has 0 aliphatic rings. The normalized spacial score (nSPS) is 11.1. The predicted molar refractivity (Wildman–Crippen MR) is 101 cm³/mol. The highest BCUT2D eigenvalue weighted by Crippen LogP contribution is 2.25. The number of nitrogens with one attached hydrogen (secondary N) is 1. The molecule has 0 atom stereocenters. The standard InChI is InChI=1S/C17H21BrN6/c1-2-11-24-15-13(21-16(24)18)14(22-17(19)23-15)20-10-6-9-12-7-4-3-5-8-12/h3-5,7-8H,2,6,9-11H2,1H3,(H3,19,20,22,23). The number of nitrogen functional groups attached to an aromatic ring is 1. The van der Waals surface area contributed by atoms with E-state index in [1.165, 1.54) is 5.56 Å². The first-order valence-corrected chi connectivity index (χ1v) is 8.95. The molecule has 6 nitrogen and oxygen atoms in total. The lowest BCUT2D eigenvalue weighted by Gasteiger charge is -2.08. The van der Waals surface area contributed by atoms with Gasteiger partial charge in [-0.15, -0.1) is 0 Å². The second kappa shape index (κ2) is 7.61. The molecule has 3 N–H and O–H groups in total. The van der Waals surface area contributed by atoms with Gasteiger partial charge < -0.3 is 15.6 Å². The zero-order chi connectivity index (χ0) is 16.9. The van der Waals surface area contributed by atoms with Crippen molar-refractivity contribution in [2.24, 2.45) is 0 Å². The van der Waals surface area contributed by atoms with Crippen LogP contribution in [0.15, 0.2) is 35.1 Å². The van der Waals surface area contributed by atoms with E-state index in [1.54, 1.807) is 0 Å². The number of aryl methyl sites for hydroxylation is 2. The van der Waals surface area contributed by atoms with Gasteiger partial charge in [-0.1, -0.05) is 37.3 Å². The molecule has 24 heavy (non-hydrogen) atoms. The fourth-order valence-corrected chi connectivity index (χ4v) is 3.20. The number of hydrogen-bond donors (Lipinski definition) is 2. The molecule has 0 radical (unpaired) electrons. The summed E-state index contributed by atoms with van der Waals surface area (Å²) in [6, 6.07) is 10.5. The Hall–Kier alpha value is -2.15. The van der Waals surface area contributed by atoms with Crippen LogP contribution in [0.2, 0.25) is 0 Å². The van der Waals surface area contributed by atoms with E-state index in [4.69, 9.17) is 5.73 Å². The summed E-state index contributed by atoms with van der Waals surface area (Å²) in [6.07, 6.45) is 3.02. The zero-order valence-electron chi connectivity index (χ0n) is 13.7. The maximum absolute atomic E-state index is 5.88. The lowest BCUT2D eigenvalue weighted by atomic mass is 10.1. The van der Waals surface area contributed by atoms with Crippen LogP contribution in [0.1, 0.15) is 25.3 Å². The van der Waals surface area contributed by atoms with Crippen LogP contribution in [0.4, 0.5) is 11.8 Å². The Morgan fingerprint density at radius 2 is 1.96 bits per heavy atom. The molecule has 0 saturated heterocycles. The molecular weight excluding hydrogens is 368 g/mol. The highest BCUT2D eigenvalue weighted by molar-refractivity contribution is 9.10. The number of nitrogens with zero attached hydrogens (tertiary/aromatic N) is 4. The number of benzene rings is 1. The third-order valence-electron chi connectivity index (χ3n) is 3.79. The first kappa shape index (κ1) is 16.7. The Morgan fingerprint density at radius 1 is 1.17 bits per heavy atom. The first-order valence-electron chi connectivity index (χ1n) is 8.16. The molecule has 7 heteroatoms. The monoisotopic (exact) mass is 388 g/mol. The Balaban J connectivity index is 1.73. The van der Waals surface area contributed by atoms with Crippen molar-refractivity contribution in [1.29, 1.82) is 0 Å². The highest BCUT2D eigenvalue weighted by Gasteiger charge is 2.15. The van der Waals surface area contributed by atoms with Crippen LogP contribution in [0, 0.1) is 0 Å². The van der Waals surface area contributed by atoms with Crippen LogP contribution in [0.25, 0.3) is 11.2 Å². The Morgan fingerprint density at radius 3 is 2.71 bits per heavy atom. The van der Waals surface area contributed by atoms with Crippen LogP contribution in [-0.4, -0.2) is 26.1 Å². The van der Waals surface area contributed by atoms with Gasteiger partial charge >= 0.3 is 0 Å². The van der Waals surface area contributed by atoms with Gasteiger partial charge in [0.25, 0.3) is 0 Å². The number of halogens is 1. The number of rotatable bonds is 7. The van der Waals surface area contributed by atoms with E-state index in [-0.39, 0.29) is 5.95 Å². The Kier molecular flexibility index (Phi) is 5.30. The van der Waals surface area contributed by atoms with Crippen molar-refractivity contribution in [1.82, 2.24) is 19.5 Å². The summed E-state index contributed by atoms with van der Waals surface area (Å²) in [5.41, 5.74) is 8.73. The summed E-state index contributed by atoms with van der Waals surface area (Å²) in [7, 11) is 0. The average Bonchev–Trinajstić information content (AvgIpc) is 2.89. The highest BCUT2D eigenvalue weighted by atomic mass is 79.9. The Labute approximate surface area is 149 Å². The fraction of sp³-hybridized carbons (Fsp3) is 0.353. The lowest BCUT2D eigenvalue weighted by molar-refractivity contribution is 0.677. The molecule has 2 heterocycles. The topological polar surface area (TPSA) is 81.7 Å². The van der Waals surface area contributed by atoms with E-state index in [0.717, 1.165) is 48.2 Å². The SMILES string of the molecule is CCCn1c(Br)nc2c(NCCCc3ccccc3)nc(N)nc21. The van der Waals surface area contributed by atoms with Crippen molar-refractivity contribution in [3.8, 4) is 0 Å². The molecule has 0 aliphatic heterocycles. The quantitative estimate of drug-likeness (QED) is 0.477. The van der Waals surface area contributed by atoms with Gasteiger partial charge in [-0.2, -0.15) is 9.97 Å². The zero-order valence-corrected chi connectivity index (χ0v) is 15.3. The van der Waals surface area contributed by atoms with Gasteiger partial charge in [-0.3, -0.25) is 0 Å². The molecule has 0 fully saturated rings. The summed E-state index contributed by atoms with van der Waals surface area (Å²) in [5, 5.41) is 3.35. The first-order chi connectivity index (χ1) is 11.7. The maximum atomic E-state index is 5.88. The number of nitrogens with two attached hydrogens (primary N) is 1. The largest absolute Gasteiger partial charge is 0.368 e. The minimum absolute atomic E-state index is 0.262. The number of fused-ring (bicyclic) bond motifs is 1. The van der Waals surface area contributed by atoms with Crippen molar-refractivity contribution in [2.75, 3.05) is 17.6 Å². The van der Waals surface area contributed by atoms with Crippen LogP contribution < -0.4 is 11.1 Å². The second-order valence-electron chi connectivity index (χ2n) is 5.65. The van der Waals surface area contributed by atoms with E-state index >= 15 is 0 Å². The van der Waals surface area contributed by atoms with Crippen LogP contribution >= 0.6 is 15.9 Å². The van der Waals surface area contributed by atoms with Crippen LogP contribution in [-0.2, 0) is 13.0 Å². The Bertz CT molecular complexity index is 815. The molecule has 0 unspecified atom stereocenters. The number of imidazole rings is 1. The van der Waals surface area contributed by atoms with Gasteiger partial charge in [-0.25, -0.2) is 4.98 Å². The summed E-state index contributed by atoms with van der Waals surface area (Å²) < 4.78 is 2.77. The molecule has 3 rings (SSSR count). The van der Waals surface area contributed by atoms with Gasteiger partial charge in [0.2, 0.25) is 5.95 Å². The molecule has 0 bridgehead atoms. The van der Waals surface area contributed by atoms with Gasteiger partial charge in [0.05, 0.1) is 0 Å². The summed E-state index contributed by atoms with van der Waals surface area (Å²) in [6.45, 7) is 3.76. The summed E-state index contributed by atoms with van der Waals surface area (Å²) in [4.78, 5) is 13.2. The summed E-state index contributed by atoms with van der Waals surface area (Å²) in [5.74, 6) is 0.957. The van der Waals surface area contributed by atoms with Gasteiger partial charge in [-0.05, 0) is 40.8 Å². The molecule has 0 amide bonds. The molecule has 0 aliphatic carbocycles. The van der Waals surface area contributed by atoms with Crippen LogP contribution in [0.5, 0.6) is 0 Å². The molecule has 126 valence electrons. The average molecular weight is 389 g/mol. The van der Waals surface area contributed by atoms with Crippen molar-refractivity contribution in [2.45, 2.75) is 32.7 Å². The van der Waals surface area contributed by atoms with Crippen molar-refractivity contribution >= 4 is 38.9 Å². The van der Waals surface area contributed by atoms with E-state index < -0.39 is 0 Å². The van der Waals surface area contributed by atoms with Gasteiger partial charge in [0.1, 0.15) is 0 Å². The minimum Gasteiger partial charge on any atom is -0.368 e. The van der Waals surface area contributed by atoms with E-state index in [9.17, 15) is 0 Å². The molecule has 1 aromatic carbocycles. The van der Waals surface area contributed by atoms with Crippen LogP contribution in [0.3, 0.4) is 0 Å². The fourth-order valence-electron chi connectivity index (χ4n) is 2.68. The minimum atomic E-state index is 0.262. The lowest BCUT2D eigenvalue weighted by Crippen LogP contribution is -2.08. The van der Waals surface area contributed by atoms with Gasteiger partial charge in [0.15, 0.2) is 21.7 Å². The van der Waals surface area contributed by atoms with E-state index in [0.29, 0.717) is 5.82 Å². The van der Waals surface area contributed by atoms with E-state index in [1.807, 2.05) is 10.6 Å². The predicted octanol–water partition coefficient (Wildman–Crippen LogP) is 3.63.